The number of fused-ring (bicyclic) bond motifs is 1. The molecule has 13 heteroatoms. The highest BCUT2D eigenvalue weighted by Gasteiger charge is 2.34. The van der Waals surface area contributed by atoms with Gasteiger partial charge in [-0.15, -0.1) is 8.61 Å². The molecule has 1 aliphatic rings. The van der Waals surface area contributed by atoms with Crippen molar-refractivity contribution in [3.63, 3.8) is 0 Å². The maximum absolute atomic E-state index is 13.2. The minimum absolute atomic E-state index is 0.0105. The molecule has 1 amide bonds. The summed E-state index contributed by atoms with van der Waals surface area (Å²) >= 11 is 1.07. The lowest BCUT2D eigenvalue weighted by Gasteiger charge is -2.30. The summed E-state index contributed by atoms with van der Waals surface area (Å²) in [6.07, 6.45) is -4.61. The van der Waals surface area contributed by atoms with E-state index in [1.165, 1.54) is 19.2 Å². The third kappa shape index (κ3) is 5.22. The monoisotopic (exact) mass is 511 g/mol. The number of hydrogen-bond donors (Lipinski definition) is 1. The van der Waals surface area contributed by atoms with Gasteiger partial charge in [0.1, 0.15) is 17.0 Å². The highest BCUT2D eigenvalue weighted by Crippen LogP contribution is 2.37. The van der Waals surface area contributed by atoms with Gasteiger partial charge >= 0.3 is 6.18 Å². The number of methoxy groups -OCH3 is 1. The Morgan fingerprint density at radius 3 is 2.49 bits per heavy atom. The summed E-state index contributed by atoms with van der Waals surface area (Å²) in [7, 11) is 5.31. The summed E-state index contributed by atoms with van der Waals surface area (Å²) in [5.41, 5.74) is 5.29. The Morgan fingerprint density at radius 1 is 1.17 bits per heavy atom. The molecule has 0 spiro atoms. The number of nitrogens with zero attached hydrogens (tertiary/aromatic N) is 5. The lowest BCUT2D eigenvalue weighted by Crippen LogP contribution is -2.49. The van der Waals surface area contributed by atoms with Crippen LogP contribution in [0.1, 0.15) is 21.9 Å². The fourth-order valence-electron chi connectivity index (χ4n) is 3.86. The molecule has 1 aliphatic heterocycles. The third-order valence-corrected chi connectivity index (χ3v) is 6.51. The number of carbonyl (C=O) groups is 1. The summed E-state index contributed by atoms with van der Waals surface area (Å²) in [5, 5.41) is 0.345. The van der Waals surface area contributed by atoms with Gasteiger partial charge in [-0.25, -0.2) is 9.97 Å². The van der Waals surface area contributed by atoms with Crippen LogP contribution in [0.15, 0.2) is 28.7 Å². The molecule has 35 heavy (non-hydrogen) atoms. The van der Waals surface area contributed by atoms with Crippen molar-refractivity contribution in [3.8, 4) is 17.2 Å². The molecule has 0 unspecified atom stereocenters. The molecule has 0 atom stereocenters. The second-order valence-corrected chi connectivity index (χ2v) is 9.63. The number of alkyl halides is 3. The van der Waals surface area contributed by atoms with Crippen molar-refractivity contribution in [2.24, 2.45) is 5.73 Å². The van der Waals surface area contributed by atoms with Gasteiger partial charge in [-0.3, -0.25) is 4.79 Å². The van der Waals surface area contributed by atoms with Gasteiger partial charge in [-0.1, -0.05) is 0 Å². The van der Waals surface area contributed by atoms with Gasteiger partial charge in [0.05, 0.1) is 26.7 Å². The van der Waals surface area contributed by atoms with Crippen LogP contribution in [0.4, 0.5) is 13.2 Å². The van der Waals surface area contributed by atoms with Crippen LogP contribution in [0.25, 0.3) is 22.4 Å². The molecule has 1 fully saturated rings. The molecule has 3 heterocycles. The van der Waals surface area contributed by atoms with Crippen molar-refractivity contribution in [3.05, 3.63) is 41.4 Å². The summed E-state index contributed by atoms with van der Waals surface area (Å²) in [6, 6.07) is 5.27. The summed E-state index contributed by atoms with van der Waals surface area (Å²) in [4.78, 5) is 23.1. The number of nitrogens with two attached hydrogens (primary N) is 1. The summed E-state index contributed by atoms with van der Waals surface area (Å²) < 4.78 is 55.0. The van der Waals surface area contributed by atoms with Crippen LogP contribution in [0.3, 0.4) is 0 Å². The largest absolute Gasteiger partial charge is 0.494 e. The zero-order chi connectivity index (χ0) is 25.3. The van der Waals surface area contributed by atoms with Crippen LogP contribution < -0.4 is 10.5 Å². The molecule has 188 valence electrons. The molecule has 0 saturated carbocycles. The van der Waals surface area contributed by atoms with Crippen LogP contribution >= 0.6 is 0 Å². The number of oxazole rings is 1. The van der Waals surface area contributed by atoms with E-state index in [2.05, 4.69) is 14.3 Å². The fraction of sp³-hybridized carbons (Fsp3) is 0.409. The van der Waals surface area contributed by atoms with Crippen molar-refractivity contribution < 1.29 is 27.1 Å². The first-order valence-electron chi connectivity index (χ1n) is 10.8. The van der Waals surface area contributed by atoms with Crippen molar-refractivity contribution in [2.75, 3.05) is 47.4 Å². The second-order valence-electron chi connectivity index (χ2n) is 8.08. The minimum Gasteiger partial charge on any atom is -0.494 e. The minimum atomic E-state index is -4.61. The van der Waals surface area contributed by atoms with Crippen molar-refractivity contribution in [1.82, 2.24) is 23.5 Å². The zero-order valence-electron chi connectivity index (χ0n) is 19.5. The van der Waals surface area contributed by atoms with E-state index in [4.69, 9.17) is 14.9 Å². The molecule has 2 N–H and O–H groups in total. The Balaban J connectivity index is 1.68. The highest BCUT2D eigenvalue weighted by molar-refractivity contribution is 7.73. The normalized spacial score (nSPS) is 15.3. The Labute approximate surface area is 204 Å². The van der Waals surface area contributed by atoms with E-state index in [9.17, 15) is 18.0 Å². The van der Waals surface area contributed by atoms with E-state index < -0.39 is 11.9 Å². The van der Waals surface area contributed by atoms with E-state index in [1.54, 1.807) is 11.0 Å². The fourth-order valence-corrected chi connectivity index (χ4v) is 4.73. The molecule has 0 radical (unpaired) electrons. The number of thiol groups is 1. The first-order valence-corrected chi connectivity index (χ1v) is 11.6. The Hall–Kier alpha value is -2.87. The SMILES string of the molecule is COc1ccc(-c2nc(C(=O)N3CCN([SH+]N(C)C)CC3)c(CN)o2)c2ccc(C(F)(F)F)nc12. The molecule has 1 saturated heterocycles. The number of halogens is 3. The predicted octanol–water partition coefficient (Wildman–Crippen LogP) is 2.34. The van der Waals surface area contributed by atoms with Crippen LogP contribution in [0.5, 0.6) is 5.75 Å². The molecular weight excluding hydrogens is 485 g/mol. The van der Waals surface area contributed by atoms with Gasteiger partial charge in [0.15, 0.2) is 23.6 Å². The molecular formula is C22H26F3N6O3S+. The number of pyridine rings is 1. The van der Waals surface area contributed by atoms with Gasteiger partial charge in [-0.05, 0) is 24.3 Å². The van der Waals surface area contributed by atoms with Crippen molar-refractivity contribution >= 4 is 28.9 Å². The first kappa shape index (κ1) is 25.2. The van der Waals surface area contributed by atoms with Crippen LogP contribution in [-0.2, 0) is 24.9 Å². The van der Waals surface area contributed by atoms with Gasteiger partial charge in [0.2, 0.25) is 5.89 Å². The van der Waals surface area contributed by atoms with E-state index >= 15 is 0 Å². The number of piperazine rings is 1. The van der Waals surface area contributed by atoms with Crippen molar-refractivity contribution in [1.29, 1.82) is 0 Å². The summed E-state index contributed by atoms with van der Waals surface area (Å²) in [6.45, 7) is 2.43. The summed E-state index contributed by atoms with van der Waals surface area (Å²) in [5.74, 6) is 0.166. The number of benzene rings is 1. The number of aromatic nitrogens is 2. The van der Waals surface area contributed by atoms with Gasteiger partial charge < -0.3 is 19.8 Å². The van der Waals surface area contributed by atoms with E-state index in [1.807, 2.05) is 18.4 Å². The van der Waals surface area contributed by atoms with Gasteiger partial charge in [0, 0.05) is 38.1 Å². The average Bonchev–Trinajstić information content (AvgIpc) is 3.26. The maximum Gasteiger partial charge on any atom is 0.433 e. The zero-order valence-corrected chi connectivity index (χ0v) is 20.4. The van der Waals surface area contributed by atoms with E-state index in [0.717, 1.165) is 18.2 Å². The van der Waals surface area contributed by atoms with Gasteiger partial charge in [-0.2, -0.15) is 13.2 Å². The van der Waals surface area contributed by atoms with E-state index in [-0.39, 0.29) is 41.1 Å². The highest BCUT2D eigenvalue weighted by atomic mass is 32.2. The molecule has 3 aromatic rings. The predicted molar refractivity (Wildman–Crippen MR) is 127 cm³/mol. The number of carbonyl (C=O) groups excluding carboxylic acids is 1. The van der Waals surface area contributed by atoms with Crippen LogP contribution in [-0.4, -0.2) is 76.8 Å². The second kappa shape index (κ2) is 10.0. The molecule has 9 nitrogen and oxygen atoms in total. The number of amides is 1. The standard InChI is InChI=1S/C22H25F3N6O3S/c1-29(2)35-31-10-8-30(9-11-31)21(32)19-16(12-26)34-20(28-19)14-4-6-15(33-3)18-13(14)5-7-17(27-18)22(23,24)25/h4-7H,8-12,26H2,1-3H3/p+1. The molecule has 2 aromatic heterocycles. The van der Waals surface area contributed by atoms with Crippen molar-refractivity contribution in [2.45, 2.75) is 12.7 Å². The molecule has 0 aliphatic carbocycles. The van der Waals surface area contributed by atoms with Crippen LogP contribution in [0, 0.1) is 0 Å². The Bertz CT molecular complexity index is 1230. The molecule has 1 aromatic carbocycles. The number of rotatable bonds is 6. The number of ether oxygens (including phenoxy) is 1. The number of hydrogen-bond acceptors (Lipinski definition) is 8. The lowest BCUT2D eigenvalue weighted by atomic mass is 10.1. The topological polar surface area (TPSA) is 101 Å². The van der Waals surface area contributed by atoms with E-state index in [0.29, 0.717) is 37.1 Å². The average molecular weight is 512 g/mol. The molecule has 4 rings (SSSR count). The lowest BCUT2D eigenvalue weighted by molar-refractivity contribution is -0.140. The first-order chi connectivity index (χ1) is 16.6. The Morgan fingerprint density at radius 2 is 1.89 bits per heavy atom. The Kier molecular flexibility index (Phi) is 7.22. The van der Waals surface area contributed by atoms with Crippen LogP contribution in [0.2, 0.25) is 0 Å². The maximum atomic E-state index is 13.2. The van der Waals surface area contributed by atoms with Gasteiger partial charge in [0.25, 0.3) is 5.91 Å². The quantitative estimate of drug-likeness (QED) is 0.398. The smallest absolute Gasteiger partial charge is 0.433 e. The third-order valence-electron chi connectivity index (χ3n) is 5.49. The molecule has 0 bridgehead atoms.